The molecule has 2 fully saturated rings. The Balaban J connectivity index is 0.000000317. The molecule has 7 heteroatoms. The van der Waals surface area contributed by atoms with Crippen molar-refractivity contribution in [3.63, 3.8) is 0 Å². The number of hydrogen-bond acceptors (Lipinski definition) is 7. The van der Waals surface area contributed by atoms with Gasteiger partial charge in [0, 0.05) is 31.1 Å². The Labute approximate surface area is 355 Å². The molecule has 0 radical (unpaired) electrons. The minimum Gasteiger partial charge on any atom is -0.463 e. The van der Waals surface area contributed by atoms with Gasteiger partial charge in [-0.1, -0.05) is 134 Å². The number of aliphatic hydroxyl groups excluding tert-OH is 1. The van der Waals surface area contributed by atoms with Gasteiger partial charge < -0.3 is 14.6 Å². The van der Waals surface area contributed by atoms with Crippen LogP contribution in [0.25, 0.3) is 0 Å². The van der Waals surface area contributed by atoms with Crippen molar-refractivity contribution >= 4 is 11.9 Å². The fourth-order valence-electron chi connectivity index (χ4n) is 7.02. The number of carbonyl (C=O) groups excluding carboxylic acids is 2. The number of ether oxygens (including phenoxy) is 2. The third-order valence-corrected chi connectivity index (χ3v) is 10.0. The summed E-state index contributed by atoms with van der Waals surface area (Å²) in [6, 6.07) is 20.9. The number of esters is 2. The van der Waals surface area contributed by atoms with Crippen LogP contribution in [0.5, 0.6) is 0 Å². The van der Waals surface area contributed by atoms with Gasteiger partial charge in [-0.25, -0.2) is 9.78 Å². The number of aryl methyl sites for hydroxylation is 2. The van der Waals surface area contributed by atoms with E-state index in [2.05, 4.69) is 109 Å². The minimum absolute atomic E-state index is 0.0158. The Morgan fingerprint density at radius 2 is 1.12 bits per heavy atom. The van der Waals surface area contributed by atoms with E-state index >= 15 is 0 Å². The largest absolute Gasteiger partial charge is 0.463 e. The number of hydrogen-bond donors (Lipinski definition) is 1. The molecule has 1 aliphatic carbocycles. The third kappa shape index (κ3) is 23.2. The number of fused-ring (bicyclic) bond motifs is 2. The van der Waals surface area contributed by atoms with Crippen molar-refractivity contribution in [1.29, 1.82) is 0 Å². The highest BCUT2D eigenvalue weighted by atomic mass is 17.2. The maximum Gasteiger partial charge on any atom is 0.306 e. The average Bonchev–Trinajstić information content (AvgIpc) is 3.83. The molecule has 2 aromatic carbocycles. The van der Waals surface area contributed by atoms with Crippen molar-refractivity contribution in [1.82, 2.24) is 0 Å². The second-order valence-electron chi connectivity index (χ2n) is 15.9. The fraction of sp³-hybridized carbons (Fsp3) is 0.500. The van der Waals surface area contributed by atoms with Crippen LogP contribution in [0.3, 0.4) is 0 Å². The van der Waals surface area contributed by atoms with Crippen molar-refractivity contribution in [3.8, 4) is 0 Å². The van der Waals surface area contributed by atoms with E-state index in [0.29, 0.717) is 25.2 Å². The molecule has 2 bridgehead atoms. The van der Waals surface area contributed by atoms with Crippen molar-refractivity contribution in [2.45, 2.75) is 155 Å². The molecular formula is C52H72O7. The van der Waals surface area contributed by atoms with Gasteiger partial charge in [-0.15, -0.1) is 0 Å². The Bertz CT molecular complexity index is 1590. The first-order valence-corrected chi connectivity index (χ1v) is 22.1. The molecule has 0 unspecified atom stereocenters. The van der Waals surface area contributed by atoms with Gasteiger partial charge in [0.15, 0.2) is 0 Å². The first-order valence-electron chi connectivity index (χ1n) is 22.1. The predicted molar refractivity (Wildman–Crippen MR) is 240 cm³/mol. The van der Waals surface area contributed by atoms with Crippen LogP contribution in [0.2, 0.25) is 0 Å². The first-order chi connectivity index (χ1) is 28.7. The van der Waals surface area contributed by atoms with Crippen molar-refractivity contribution in [3.05, 3.63) is 145 Å². The van der Waals surface area contributed by atoms with Crippen LogP contribution in [-0.4, -0.2) is 47.6 Å². The van der Waals surface area contributed by atoms with E-state index in [1.165, 1.54) is 11.1 Å². The summed E-state index contributed by atoms with van der Waals surface area (Å²) in [4.78, 5) is 33.9. The van der Waals surface area contributed by atoms with E-state index in [0.717, 1.165) is 77.0 Å². The maximum absolute atomic E-state index is 11.6. The van der Waals surface area contributed by atoms with E-state index in [9.17, 15) is 14.7 Å². The number of carbonyl (C=O) groups is 2. The normalized spacial score (nSPS) is 19.6. The molecule has 1 saturated carbocycles. The molecule has 2 aromatic rings. The molecule has 7 nitrogen and oxygen atoms in total. The van der Waals surface area contributed by atoms with Crippen LogP contribution in [0.1, 0.15) is 122 Å². The Hall–Kier alpha value is -4.30. The molecule has 1 N–H and O–H groups in total. The second kappa shape index (κ2) is 30.7. The summed E-state index contributed by atoms with van der Waals surface area (Å²) in [6.45, 7) is 7.49. The third-order valence-electron chi connectivity index (χ3n) is 10.0. The molecule has 2 aliphatic rings. The summed E-state index contributed by atoms with van der Waals surface area (Å²) >= 11 is 0. The minimum atomic E-state index is -0.456. The first kappa shape index (κ1) is 49.1. The molecule has 322 valence electrons. The zero-order valence-electron chi connectivity index (χ0n) is 36.2. The zero-order chi connectivity index (χ0) is 42.3. The number of aliphatic hydroxyl groups is 1. The van der Waals surface area contributed by atoms with Crippen molar-refractivity contribution in [2.24, 2.45) is 11.8 Å². The standard InChI is InChI=1S/C26H36O5.C26H36O2/c1-19(2)29-26(28)13-9-4-3-8-12-22-23(25-18-24(22)30-31-25)17-16-21(27)15-14-20-10-6-5-7-11-20;1-24(2)28-26(27)23-19-14-12-10-8-6-4-3-5-7-9-11-13-16-20-25-21-17-15-18-22-25/h3,5-8,10-11,16-17,19,21-25,27H,4,9,12-15,18H2,1-2H3;4-7,10-13,15,17-18,21-22,24H,3,8-9,14,16,19-20,23H2,1-2H3/b8-3-,17-16+;6-4-,7-5-,12-10-,13-11-/t21-,22+,23+,24-,25+;/m0./s1. The summed E-state index contributed by atoms with van der Waals surface area (Å²) < 4.78 is 10.3. The summed E-state index contributed by atoms with van der Waals surface area (Å²) in [6.07, 6.45) is 38.6. The monoisotopic (exact) mass is 809 g/mol. The molecule has 4 rings (SSSR count). The predicted octanol–water partition coefficient (Wildman–Crippen LogP) is 12.1. The molecule has 0 amide bonds. The van der Waals surface area contributed by atoms with Gasteiger partial charge in [-0.05, 0) is 116 Å². The van der Waals surface area contributed by atoms with Gasteiger partial charge in [0.25, 0.3) is 0 Å². The van der Waals surface area contributed by atoms with Gasteiger partial charge in [-0.2, -0.15) is 0 Å². The van der Waals surface area contributed by atoms with Crippen molar-refractivity contribution in [2.75, 3.05) is 0 Å². The molecule has 1 heterocycles. The molecule has 0 spiro atoms. The molecule has 59 heavy (non-hydrogen) atoms. The van der Waals surface area contributed by atoms with Gasteiger partial charge in [0.1, 0.15) is 6.10 Å². The van der Waals surface area contributed by atoms with Crippen LogP contribution in [0, 0.1) is 11.8 Å². The average molecular weight is 809 g/mol. The highest BCUT2D eigenvalue weighted by Gasteiger charge is 2.49. The number of unbranched alkanes of at least 4 members (excludes halogenated alkanes) is 2. The number of rotatable bonds is 26. The number of benzene rings is 2. The molecule has 1 saturated heterocycles. The molecular weight excluding hydrogens is 737 g/mol. The van der Waals surface area contributed by atoms with E-state index < -0.39 is 6.10 Å². The van der Waals surface area contributed by atoms with Gasteiger partial charge in [-0.3, -0.25) is 9.59 Å². The summed E-state index contributed by atoms with van der Waals surface area (Å²) in [5.74, 6) is 0.397. The molecule has 5 atom stereocenters. The van der Waals surface area contributed by atoms with Gasteiger partial charge in [0.05, 0.1) is 24.4 Å². The Kier molecular flexibility index (Phi) is 25.5. The summed E-state index contributed by atoms with van der Waals surface area (Å²) in [7, 11) is 0. The topological polar surface area (TPSA) is 91.3 Å². The lowest BCUT2D eigenvalue weighted by molar-refractivity contribution is -0.336. The fourth-order valence-corrected chi connectivity index (χ4v) is 7.02. The van der Waals surface area contributed by atoms with E-state index in [4.69, 9.17) is 19.2 Å². The van der Waals surface area contributed by atoms with Crippen LogP contribution >= 0.6 is 0 Å². The lowest BCUT2D eigenvalue weighted by atomic mass is 9.89. The molecule has 1 aliphatic heterocycles. The van der Waals surface area contributed by atoms with Crippen LogP contribution in [0.15, 0.2) is 134 Å². The van der Waals surface area contributed by atoms with Crippen molar-refractivity contribution < 1.29 is 33.9 Å². The smallest absolute Gasteiger partial charge is 0.306 e. The quantitative estimate of drug-likeness (QED) is 0.0438. The Morgan fingerprint density at radius 3 is 1.66 bits per heavy atom. The summed E-state index contributed by atoms with van der Waals surface area (Å²) in [5, 5.41) is 10.4. The second-order valence-corrected chi connectivity index (χ2v) is 15.9. The SMILES string of the molecule is CC(C)OC(=O)CCC/C=C\C/C=C\C/C=C\C/C=C\CCc1ccccc1.CC(C)OC(=O)CCC/C=C\C[C@@H]1[C@@H](/C=C/[C@@H](O)CCc2ccccc2)[C@H]2C[C@@H]1OO2. The van der Waals surface area contributed by atoms with Crippen LogP contribution in [-0.2, 0) is 41.7 Å². The summed E-state index contributed by atoms with van der Waals surface area (Å²) in [5.41, 5.74) is 2.64. The Morgan fingerprint density at radius 1 is 0.644 bits per heavy atom. The lowest BCUT2D eigenvalue weighted by Gasteiger charge is -2.27. The van der Waals surface area contributed by atoms with E-state index in [1.807, 2.05) is 52.0 Å². The van der Waals surface area contributed by atoms with E-state index in [-0.39, 0.29) is 42.3 Å². The zero-order valence-corrected chi connectivity index (χ0v) is 36.2. The number of allylic oxidation sites excluding steroid dienone is 10. The maximum atomic E-state index is 11.6. The van der Waals surface area contributed by atoms with Gasteiger partial charge >= 0.3 is 11.9 Å². The lowest BCUT2D eigenvalue weighted by Crippen LogP contribution is -2.28. The van der Waals surface area contributed by atoms with Crippen LogP contribution in [0.4, 0.5) is 0 Å². The highest BCUT2D eigenvalue weighted by molar-refractivity contribution is 5.69. The molecule has 0 aromatic heterocycles. The highest BCUT2D eigenvalue weighted by Crippen LogP contribution is 2.45. The van der Waals surface area contributed by atoms with Gasteiger partial charge in [0.2, 0.25) is 0 Å². The van der Waals surface area contributed by atoms with Crippen LogP contribution < -0.4 is 0 Å². The van der Waals surface area contributed by atoms with E-state index in [1.54, 1.807) is 0 Å².